The van der Waals surface area contributed by atoms with Gasteiger partial charge in [-0.1, -0.05) is 154 Å². The summed E-state index contributed by atoms with van der Waals surface area (Å²) in [5.41, 5.74) is 0. The van der Waals surface area contributed by atoms with Crippen LogP contribution < -0.4 is 0 Å². The van der Waals surface area contributed by atoms with Crippen molar-refractivity contribution in [3.8, 4) is 0 Å². The van der Waals surface area contributed by atoms with Crippen LogP contribution in [-0.2, 0) is 32.7 Å². The number of unbranched alkanes of at least 4 members (excludes halogenated alkanes) is 23. The predicted octanol–water partition coefficient (Wildman–Crippen LogP) is 11.8. The number of hydrogen-bond donors (Lipinski definition) is 1. The lowest BCUT2D eigenvalue weighted by Gasteiger charge is -2.24. The number of carbonyl (C=O) groups excluding carboxylic acids is 2. The molecule has 308 valence electrons. The molecule has 0 aliphatic carbocycles. The van der Waals surface area contributed by atoms with Gasteiger partial charge in [0.15, 0.2) is 6.10 Å². The summed E-state index contributed by atoms with van der Waals surface area (Å²) in [5.74, 6) is -0.807. The van der Waals surface area contributed by atoms with Crippen molar-refractivity contribution in [1.82, 2.24) is 0 Å². The molecule has 0 aliphatic heterocycles. The Kier molecular flexibility index (Phi) is 34.6. The van der Waals surface area contributed by atoms with Crippen molar-refractivity contribution in [3.63, 3.8) is 0 Å². The van der Waals surface area contributed by atoms with Crippen LogP contribution in [0.4, 0.5) is 0 Å². The Balaban J connectivity index is 4.08. The number of nitrogens with zero attached hydrogens (tertiary/aromatic N) is 1. The molecule has 0 heterocycles. The summed E-state index contributed by atoms with van der Waals surface area (Å²) in [6.45, 7) is 4.34. The van der Waals surface area contributed by atoms with Crippen molar-refractivity contribution in [1.29, 1.82) is 0 Å². The largest absolute Gasteiger partial charge is 0.472 e. The standard InChI is InChI=1S/C42H82NO8P/c1-6-8-10-12-13-14-15-16-17-18-19-20-21-22-23-24-25-26-27-28-29-31-33-35-42(45)51-40(38-48-41(44)34-32-30-11-9-7-2)39-50-52(46,47)49-37-36-43(3,4)5/h18-19,40H,6-17,20-39H2,1-5H3/p+1/b19-18-. The van der Waals surface area contributed by atoms with E-state index < -0.39 is 26.5 Å². The van der Waals surface area contributed by atoms with Gasteiger partial charge in [0.1, 0.15) is 19.8 Å². The maximum atomic E-state index is 12.6. The fraction of sp³-hybridized carbons (Fsp3) is 0.905. The van der Waals surface area contributed by atoms with Gasteiger partial charge in [-0.25, -0.2) is 4.57 Å². The maximum absolute atomic E-state index is 12.6. The van der Waals surface area contributed by atoms with Gasteiger partial charge in [-0.3, -0.25) is 18.6 Å². The lowest BCUT2D eigenvalue weighted by molar-refractivity contribution is -0.870. The molecule has 1 N–H and O–H groups in total. The predicted molar refractivity (Wildman–Crippen MR) is 215 cm³/mol. The Labute approximate surface area is 320 Å². The number of likely N-dealkylation sites (N-methyl/N-ethyl adjacent to an activating group) is 1. The number of phosphoric acid groups is 1. The van der Waals surface area contributed by atoms with Crippen LogP contribution in [0.2, 0.25) is 0 Å². The second kappa shape index (κ2) is 35.5. The van der Waals surface area contributed by atoms with Gasteiger partial charge in [0.2, 0.25) is 0 Å². The van der Waals surface area contributed by atoms with E-state index in [0.717, 1.165) is 44.9 Å². The zero-order valence-corrected chi connectivity index (χ0v) is 35.5. The summed E-state index contributed by atoms with van der Waals surface area (Å²) in [4.78, 5) is 35.0. The minimum absolute atomic E-state index is 0.0340. The number of ether oxygens (including phenoxy) is 2. The quantitative estimate of drug-likeness (QED) is 0.0217. The summed E-state index contributed by atoms with van der Waals surface area (Å²) in [5, 5.41) is 0. The molecule has 0 radical (unpaired) electrons. The average molecular weight is 761 g/mol. The molecular weight excluding hydrogens is 677 g/mol. The van der Waals surface area contributed by atoms with Crippen molar-refractivity contribution in [2.75, 3.05) is 47.5 Å². The molecule has 52 heavy (non-hydrogen) atoms. The van der Waals surface area contributed by atoms with Crippen LogP contribution in [-0.4, -0.2) is 74.9 Å². The highest BCUT2D eigenvalue weighted by Gasteiger charge is 2.27. The van der Waals surface area contributed by atoms with Gasteiger partial charge in [-0.2, -0.15) is 0 Å². The van der Waals surface area contributed by atoms with Gasteiger partial charge < -0.3 is 18.9 Å². The number of carbonyl (C=O) groups is 2. The van der Waals surface area contributed by atoms with Gasteiger partial charge in [0.05, 0.1) is 27.7 Å². The van der Waals surface area contributed by atoms with Crippen LogP contribution in [0, 0.1) is 0 Å². The fourth-order valence-corrected chi connectivity index (χ4v) is 6.63. The molecule has 0 bridgehead atoms. The van der Waals surface area contributed by atoms with Gasteiger partial charge in [-0.05, 0) is 38.5 Å². The Morgan fingerprint density at radius 2 is 0.981 bits per heavy atom. The van der Waals surface area contributed by atoms with E-state index in [1.54, 1.807) is 0 Å². The fourth-order valence-electron chi connectivity index (χ4n) is 5.89. The first-order chi connectivity index (χ1) is 25.0. The maximum Gasteiger partial charge on any atom is 0.472 e. The van der Waals surface area contributed by atoms with Crippen LogP contribution in [0.1, 0.15) is 194 Å². The molecule has 0 aromatic carbocycles. The lowest BCUT2D eigenvalue weighted by Crippen LogP contribution is -2.37. The molecule has 0 aliphatic rings. The Hall–Kier alpha value is -1.25. The molecule has 0 aromatic heterocycles. The van der Waals surface area contributed by atoms with E-state index >= 15 is 0 Å². The highest BCUT2D eigenvalue weighted by molar-refractivity contribution is 7.47. The van der Waals surface area contributed by atoms with E-state index in [9.17, 15) is 19.0 Å². The van der Waals surface area contributed by atoms with E-state index in [0.29, 0.717) is 17.4 Å². The van der Waals surface area contributed by atoms with Crippen molar-refractivity contribution in [3.05, 3.63) is 12.2 Å². The van der Waals surface area contributed by atoms with Crippen LogP contribution in [0.15, 0.2) is 12.2 Å². The summed E-state index contributed by atoms with van der Waals surface area (Å²) < 4.78 is 34.0. The number of esters is 2. The van der Waals surface area contributed by atoms with E-state index in [1.807, 2.05) is 21.1 Å². The zero-order chi connectivity index (χ0) is 38.6. The van der Waals surface area contributed by atoms with Gasteiger partial charge in [0.25, 0.3) is 0 Å². The monoisotopic (exact) mass is 761 g/mol. The summed E-state index contributed by atoms with van der Waals surface area (Å²) in [6.07, 6.45) is 36.0. The van der Waals surface area contributed by atoms with Gasteiger partial charge >= 0.3 is 19.8 Å². The Morgan fingerprint density at radius 3 is 1.42 bits per heavy atom. The SMILES string of the molecule is CCCCCCCCCC/C=C\CCCCCCCCCCCCCC(=O)OC(COC(=O)CCCCCCC)COP(=O)(O)OCC[N+](C)(C)C. The second-order valence-electron chi connectivity index (χ2n) is 15.7. The minimum Gasteiger partial charge on any atom is -0.462 e. The molecule has 0 aromatic rings. The highest BCUT2D eigenvalue weighted by Crippen LogP contribution is 2.43. The lowest BCUT2D eigenvalue weighted by atomic mass is 10.0. The third-order valence-electron chi connectivity index (χ3n) is 9.30. The number of allylic oxidation sites excluding steroid dienone is 2. The Morgan fingerprint density at radius 1 is 0.577 bits per heavy atom. The van der Waals surface area contributed by atoms with Crippen molar-refractivity contribution in [2.45, 2.75) is 200 Å². The third kappa shape index (κ3) is 38.5. The van der Waals surface area contributed by atoms with Crippen molar-refractivity contribution >= 4 is 19.8 Å². The topological polar surface area (TPSA) is 108 Å². The van der Waals surface area contributed by atoms with Crippen LogP contribution >= 0.6 is 7.82 Å². The third-order valence-corrected chi connectivity index (χ3v) is 10.3. The molecule has 0 saturated heterocycles. The second-order valence-corrected chi connectivity index (χ2v) is 17.2. The van der Waals surface area contributed by atoms with E-state index in [4.69, 9.17) is 18.5 Å². The number of phosphoric ester groups is 1. The van der Waals surface area contributed by atoms with Crippen LogP contribution in [0.3, 0.4) is 0 Å². The molecular formula is C42H83NO8P+. The summed E-state index contributed by atoms with van der Waals surface area (Å²) in [6, 6.07) is 0. The van der Waals surface area contributed by atoms with Gasteiger partial charge in [0, 0.05) is 12.8 Å². The minimum atomic E-state index is -4.36. The average Bonchev–Trinajstić information content (AvgIpc) is 3.09. The molecule has 0 fully saturated rings. The summed E-state index contributed by atoms with van der Waals surface area (Å²) in [7, 11) is 1.48. The van der Waals surface area contributed by atoms with E-state index in [2.05, 4.69) is 26.0 Å². The smallest absolute Gasteiger partial charge is 0.462 e. The number of hydrogen-bond acceptors (Lipinski definition) is 7. The van der Waals surface area contributed by atoms with Gasteiger partial charge in [-0.15, -0.1) is 0 Å². The first-order valence-electron chi connectivity index (χ1n) is 21.4. The van der Waals surface area contributed by atoms with E-state index in [-0.39, 0.29) is 32.0 Å². The van der Waals surface area contributed by atoms with Crippen molar-refractivity contribution < 1.29 is 42.1 Å². The normalized spacial score (nSPS) is 13.7. The number of quaternary nitrogens is 1. The molecule has 0 saturated carbocycles. The van der Waals surface area contributed by atoms with E-state index in [1.165, 1.54) is 116 Å². The van der Waals surface area contributed by atoms with Crippen LogP contribution in [0.25, 0.3) is 0 Å². The molecule has 9 nitrogen and oxygen atoms in total. The number of rotatable bonds is 39. The van der Waals surface area contributed by atoms with Crippen molar-refractivity contribution in [2.24, 2.45) is 0 Å². The molecule has 10 heteroatoms. The summed E-state index contributed by atoms with van der Waals surface area (Å²) >= 11 is 0. The molecule has 2 unspecified atom stereocenters. The molecule has 2 atom stereocenters. The highest BCUT2D eigenvalue weighted by atomic mass is 31.2. The molecule has 0 amide bonds. The Bertz CT molecular complexity index is 907. The van der Waals surface area contributed by atoms with Crippen LogP contribution in [0.5, 0.6) is 0 Å². The zero-order valence-electron chi connectivity index (χ0n) is 34.6. The molecule has 0 rings (SSSR count). The first kappa shape index (κ1) is 50.8. The molecule has 0 spiro atoms. The first-order valence-corrected chi connectivity index (χ1v) is 22.9.